The molecule has 0 bridgehead atoms. The van der Waals surface area contributed by atoms with E-state index in [1.807, 2.05) is 6.08 Å². The van der Waals surface area contributed by atoms with Crippen LogP contribution in [0.3, 0.4) is 0 Å². The number of hydrogen-bond acceptors (Lipinski definition) is 2. The van der Waals surface area contributed by atoms with Gasteiger partial charge >= 0.3 is 0 Å². The number of methoxy groups -OCH3 is 1. The standard InChI is InChI=1S/C11H20O2/c1-5-10(2)11(3,13-4)8-6-7-9-12/h6-7,9-10H,5,8H2,1-4H3. The molecule has 2 heteroatoms. The second-order valence-electron chi connectivity index (χ2n) is 3.59. The smallest absolute Gasteiger partial charge is 0.142 e. The van der Waals surface area contributed by atoms with Crippen molar-refractivity contribution in [1.82, 2.24) is 0 Å². The van der Waals surface area contributed by atoms with Gasteiger partial charge in [0.1, 0.15) is 6.29 Å². The lowest BCUT2D eigenvalue weighted by atomic mass is 9.85. The van der Waals surface area contributed by atoms with E-state index in [0.29, 0.717) is 5.92 Å². The molecule has 0 N–H and O–H groups in total. The molecule has 0 fully saturated rings. The molecule has 0 heterocycles. The largest absolute Gasteiger partial charge is 0.378 e. The first kappa shape index (κ1) is 12.4. The topological polar surface area (TPSA) is 26.3 Å². The summed E-state index contributed by atoms with van der Waals surface area (Å²) in [7, 11) is 1.72. The highest BCUT2D eigenvalue weighted by atomic mass is 16.5. The first-order valence-electron chi connectivity index (χ1n) is 4.76. The van der Waals surface area contributed by atoms with Crippen LogP contribution in [0.15, 0.2) is 12.2 Å². The Balaban J connectivity index is 4.26. The number of allylic oxidation sites excluding steroid dienone is 1. The van der Waals surface area contributed by atoms with Crippen molar-refractivity contribution in [2.75, 3.05) is 7.11 Å². The van der Waals surface area contributed by atoms with Gasteiger partial charge in [0.2, 0.25) is 0 Å². The predicted molar refractivity (Wildman–Crippen MR) is 54.7 cm³/mol. The molecule has 0 spiro atoms. The van der Waals surface area contributed by atoms with Crippen LogP contribution in [-0.4, -0.2) is 19.0 Å². The average molecular weight is 184 g/mol. The second-order valence-corrected chi connectivity index (χ2v) is 3.59. The van der Waals surface area contributed by atoms with Gasteiger partial charge in [-0.2, -0.15) is 0 Å². The van der Waals surface area contributed by atoms with E-state index in [9.17, 15) is 4.79 Å². The highest BCUT2D eigenvalue weighted by molar-refractivity contribution is 5.64. The fourth-order valence-corrected chi connectivity index (χ4v) is 1.28. The lowest BCUT2D eigenvalue weighted by molar-refractivity contribution is -0.104. The van der Waals surface area contributed by atoms with Crippen LogP contribution in [0.1, 0.15) is 33.6 Å². The van der Waals surface area contributed by atoms with Crippen LogP contribution in [0.4, 0.5) is 0 Å². The minimum absolute atomic E-state index is 0.145. The van der Waals surface area contributed by atoms with Crippen LogP contribution < -0.4 is 0 Å². The lowest BCUT2D eigenvalue weighted by Gasteiger charge is -2.33. The van der Waals surface area contributed by atoms with Crippen LogP contribution in [0, 0.1) is 5.92 Å². The Bertz CT molecular complexity index is 175. The predicted octanol–water partition coefficient (Wildman–Crippen LogP) is 2.58. The molecular formula is C11H20O2. The normalized spacial score (nSPS) is 18.5. The summed E-state index contributed by atoms with van der Waals surface area (Å²) in [5.74, 6) is 0.494. The van der Waals surface area contributed by atoms with Crippen LogP contribution >= 0.6 is 0 Å². The minimum Gasteiger partial charge on any atom is -0.378 e. The number of hydrogen-bond donors (Lipinski definition) is 0. The molecule has 0 saturated heterocycles. The Morgan fingerprint density at radius 2 is 2.15 bits per heavy atom. The zero-order chi connectivity index (χ0) is 10.3. The van der Waals surface area contributed by atoms with Crippen molar-refractivity contribution < 1.29 is 9.53 Å². The molecule has 0 amide bonds. The molecule has 0 aromatic rings. The van der Waals surface area contributed by atoms with E-state index in [-0.39, 0.29) is 5.60 Å². The van der Waals surface area contributed by atoms with Crippen LogP contribution in [-0.2, 0) is 9.53 Å². The maximum atomic E-state index is 10.1. The van der Waals surface area contributed by atoms with E-state index in [4.69, 9.17) is 4.74 Å². The molecule has 2 unspecified atom stereocenters. The van der Waals surface area contributed by atoms with Crippen LogP contribution in [0.2, 0.25) is 0 Å². The van der Waals surface area contributed by atoms with Crippen molar-refractivity contribution in [3.63, 3.8) is 0 Å². The van der Waals surface area contributed by atoms with Gasteiger partial charge in [0.05, 0.1) is 5.60 Å². The van der Waals surface area contributed by atoms with Crippen molar-refractivity contribution in [1.29, 1.82) is 0 Å². The number of ether oxygens (including phenoxy) is 1. The maximum Gasteiger partial charge on any atom is 0.142 e. The average Bonchev–Trinajstić information content (AvgIpc) is 2.16. The minimum atomic E-state index is -0.145. The Morgan fingerprint density at radius 3 is 2.54 bits per heavy atom. The van der Waals surface area contributed by atoms with Gasteiger partial charge in [-0.25, -0.2) is 0 Å². The molecule has 0 saturated carbocycles. The van der Waals surface area contributed by atoms with Crippen molar-refractivity contribution in [3.05, 3.63) is 12.2 Å². The number of carbonyl (C=O) groups excluding carboxylic acids is 1. The Hall–Kier alpha value is -0.630. The molecule has 0 rings (SSSR count). The molecule has 0 radical (unpaired) electrons. The molecule has 0 aliphatic heterocycles. The Kier molecular flexibility index (Phi) is 5.63. The van der Waals surface area contributed by atoms with E-state index in [1.165, 1.54) is 6.08 Å². The summed E-state index contributed by atoms with van der Waals surface area (Å²) in [5, 5.41) is 0. The molecule has 2 atom stereocenters. The highest BCUT2D eigenvalue weighted by Crippen LogP contribution is 2.27. The summed E-state index contributed by atoms with van der Waals surface area (Å²) in [6, 6.07) is 0. The van der Waals surface area contributed by atoms with Gasteiger partial charge in [-0.05, 0) is 25.3 Å². The molecule has 0 aromatic carbocycles. The third kappa shape index (κ3) is 3.73. The van der Waals surface area contributed by atoms with Crippen LogP contribution in [0.5, 0.6) is 0 Å². The third-order valence-electron chi connectivity index (χ3n) is 2.86. The van der Waals surface area contributed by atoms with E-state index in [0.717, 1.165) is 19.1 Å². The number of aldehydes is 1. The summed E-state index contributed by atoms with van der Waals surface area (Å²) in [6.45, 7) is 6.39. The van der Waals surface area contributed by atoms with Gasteiger partial charge in [0, 0.05) is 7.11 Å². The SMILES string of the molecule is CCC(C)C(C)(CC=CC=O)OC. The first-order valence-corrected chi connectivity index (χ1v) is 4.76. The second kappa shape index (κ2) is 5.92. The van der Waals surface area contributed by atoms with Crippen molar-refractivity contribution >= 4 is 6.29 Å². The zero-order valence-corrected chi connectivity index (χ0v) is 9.04. The van der Waals surface area contributed by atoms with Gasteiger partial charge in [0.25, 0.3) is 0 Å². The van der Waals surface area contributed by atoms with Crippen molar-refractivity contribution in [3.8, 4) is 0 Å². The van der Waals surface area contributed by atoms with Crippen LogP contribution in [0.25, 0.3) is 0 Å². The Morgan fingerprint density at radius 1 is 1.54 bits per heavy atom. The van der Waals surface area contributed by atoms with E-state index in [1.54, 1.807) is 7.11 Å². The number of carbonyl (C=O) groups is 1. The molecule has 2 nitrogen and oxygen atoms in total. The van der Waals surface area contributed by atoms with E-state index < -0.39 is 0 Å². The van der Waals surface area contributed by atoms with Crippen molar-refractivity contribution in [2.45, 2.75) is 39.2 Å². The monoisotopic (exact) mass is 184 g/mol. The molecule has 76 valence electrons. The Labute approximate surface area is 81.0 Å². The third-order valence-corrected chi connectivity index (χ3v) is 2.86. The van der Waals surface area contributed by atoms with Crippen molar-refractivity contribution in [2.24, 2.45) is 5.92 Å². The molecule has 0 aromatic heterocycles. The lowest BCUT2D eigenvalue weighted by Crippen LogP contribution is -2.34. The quantitative estimate of drug-likeness (QED) is 0.468. The summed E-state index contributed by atoms with van der Waals surface area (Å²) >= 11 is 0. The summed E-state index contributed by atoms with van der Waals surface area (Å²) < 4.78 is 5.47. The van der Waals surface area contributed by atoms with Gasteiger partial charge in [-0.15, -0.1) is 0 Å². The first-order chi connectivity index (χ1) is 6.10. The summed E-state index contributed by atoms with van der Waals surface area (Å²) in [4.78, 5) is 10.1. The molecular weight excluding hydrogens is 164 g/mol. The molecule has 13 heavy (non-hydrogen) atoms. The fourth-order valence-electron chi connectivity index (χ4n) is 1.28. The fraction of sp³-hybridized carbons (Fsp3) is 0.727. The molecule has 0 aliphatic rings. The highest BCUT2D eigenvalue weighted by Gasteiger charge is 2.28. The van der Waals surface area contributed by atoms with Gasteiger partial charge < -0.3 is 4.74 Å². The van der Waals surface area contributed by atoms with Gasteiger partial charge in [-0.3, -0.25) is 4.79 Å². The zero-order valence-electron chi connectivity index (χ0n) is 9.04. The van der Waals surface area contributed by atoms with E-state index >= 15 is 0 Å². The summed E-state index contributed by atoms with van der Waals surface area (Å²) in [6.07, 6.45) is 6.06. The molecule has 0 aliphatic carbocycles. The van der Waals surface area contributed by atoms with Gasteiger partial charge in [0.15, 0.2) is 0 Å². The number of rotatable bonds is 6. The van der Waals surface area contributed by atoms with E-state index in [2.05, 4.69) is 20.8 Å². The summed E-state index contributed by atoms with van der Waals surface area (Å²) in [5.41, 5.74) is -0.145. The van der Waals surface area contributed by atoms with Gasteiger partial charge in [-0.1, -0.05) is 26.3 Å². The maximum absolute atomic E-state index is 10.1.